The van der Waals surface area contributed by atoms with Gasteiger partial charge in [-0.3, -0.25) is 24.4 Å². The Kier molecular flexibility index (Phi) is 16.6. The number of likely N-dealkylation sites (tertiary alicyclic amines) is 1. The number of fused-ring (bicyclic) bond motifs is 2. The van der Waals surface area contributed by atoms with Gasteiger partial charge < -0.3 is 51.2 Å². The minimum absolute atomic E-state index is 0.0460. The molecule has 2 bridgehead atoms. The molecule has 4 aliphatic heterocycles. The molecule has 0 spiro atoms. The van der Waals surface area contributed by atoms with E-state index < -0.39 is 18.2 Å². The highest BCUT2D eigenvalue weighted by atomic mass is 32.1. The number of aromatic hydroxyl groups is 1. The molecular weight excluding hydrogens is 959 g/mol. The number of para-hydroxylation sites is 1. The molecule has 7 heterocycles. The standard InChI is InChI=1S/C54H69N13O6S/c1-34(2)50(54(71)66-32-42(68)26-47(66)53(70)60-35(3)37-9-11-38(12-10-37)51-36(4)59-33-74-51)58-29-43(28-55)72-23-21-63-17-19-64(20-18-63)22-24-73-49-25-39(15-16-57-49)67-40-13-14-41(67)31-65(30-40)46-27-45(61-62-52(46)56)44-7-5-6-8-48(44)69/h5-12,15-16,25,27-29,33-35,40-42,47,50,68-69H,13-14,17-24,26,30-32,55H2,1-4H3,(H2,56,62)(H,60,70)/b43-28+,58-29?/t35-,40?,41?,42+,47-,50+/m0/s1. The molecule has 4 fully saturated rings. The normalized spacial score (nSPS) is 21.4. The number of ether oxygens (including phenoxy) is 2. The van der Waals surface area contributed by atoms with Crippen LogP contribution in [0, 0.1) is 12.8 Å². The fourth-order valence-corrected chi connectivity index (χ4v) is 11.4. The summed E-state index contributed by atoms with van der Waals surface area (Å²) >= 11 is 1.59. The average molecular weight is 1030 g/mol. The Morgan fingerprint density at radius 1 is 0.932 bits per heavy atom. The zero-order valence-electron chi connectivity index (χ0n) is 42.7. The summed E-state index contributed by atoms with van der Waals surface area (Å²) in [5.74, 6) is 0.639. The number of carbonyl (C=O) groups is 2. The van der Waals surface area contributed by atoms with E-state index in [0.29, 0.717) is 48.5 Å². The maximum absolute atomic E-state index is 14.1. The van der Waals surface area contributed by atoms with Gasteiger partial charge in [0.2, 0.25) is 17.7 Å². The molecule has 7 N–H and O–H groups in total. The van der Waals surface area contributed by atoms with Gasteiger partial charge in [-0.25, -0.2) is 9.97 Å². The number of nitrogen functional groups attached to an aromatic ring is 1. The fourth-order valence-electron chi connectivity index (χ4n) is 10.6. The van der Waals surface area contributed by atoms with E-state index in [9.17, 15) is 19.8 Å². The molecule has 0 saturated carbocycles. The quantitative estimate of drug-likeness (QED) is 0.0548. The number of aryl methyl sites for hydroxylation is 1. The second kappa shape index (κ2) is 23.6. The van der Waals surface area contributed by atoms with Crippen LogP contribution >= 0.6 is 11.3 Å². The van der Waals surface area contributed by atoms with E-state index in [4.69, 9.17) is 20.9 Å². The minimum atomic E-state index is -0.833. The van der Waals surface area contributed by atoms with E-state index in [-0.39, 0.29) is 54.6 Å². The number of benzene rings is 2. The molecule has 2 aromatic carbocycles. The molecular formula is C54H69N13O6S. The number of β-amino-alcohol motifs (C(OH)–C–C–N with tert-alkyl or cyclic N) is 1. The highest BCUT2D eigenvalue weighted by Gasteiger charge is 2.43. The number of aliphatic hydroxyl groups excluding tert-OH is 1. The Balaban J connectivity index is 0.696. The van der Waals surface area contributed by atoms with E-state index >= 15 is 0 Å². The van der Waals surface area contributed by atoms with Gasteiger partial charge in [0.25, 0.3) is 0 Å². The van der Waals surface area contributed by atoms with E-state index in [0.717, 1.165) is 91.7 Å². The third-order valence-corrected chi connectivity index (χ3v) is 15.7. The maximum atomic E-state index is 14.1. The molecule has 392 valence electrons. The Labute approximate surface area is 436 Å². The maximum Gasteiger partial charge on any atom is 0.248 e. The predicted octanol–water partition coefficient (Wildman–Crippen LogP) is 4.86. The highest BCUT2D eigenvalue weighted by molar-refractivity contribution is 7.13. The van der Waals surface area contributed by atoms with Crippen molar-refractivity contribution in [2.75, 3.05) is 87.7 Å². The number of piperazine rings is 2. The van der Waals surface area contributed by atoms with Crippen molar-refractivity contribution in [3.05, 3.63) is 102 Å². The number of phenolic OH excluding ortho intramolecular Hbond substituents is 1. The molecule has 19 nitrogen and oxygen atoms in total. The number of aliphatic hydroxyl groups is 1. The van der Waals surface area contributed by atoms with Crippen LogP contribution in [0.25, 0.3) is 21.7 Å². The molecule has 74 heavy (non-hydrogen) atoms. The van der Waals surface area contributed by atoms with Crippen molar-refractivity contribution in [2.45, 2.75) is 83.3 Å². The van der Waals surface area contributed by atoms with Gasteiger partial charge in [-0.2, -0.15) is 0 Å². The lowest BCUT2D eigenvalue weighted by atomic mass is 10.0. The number of hydrogen-bond acceptors (Lipinski definition) is 18. The first-order chi connectivity index (χ1) is 35.8. The third-order valence-electron chi connectivity index (χ3n) is 14.7. The summed E-state index contributed by atoms with van der Waals surface area (Å²) in [7, 11) is 0. The molecule has 20 heteroatoms. The number of thiazole rings is 1. The number of allylic oxidation sites excluding steroid dienone is 1. The van der Waals surface area contributed by atoms with E-state index in [1.807, 2.05) is 81.9 Å². The Morgan fingerprint density at radius 3 is 2.32 bits per heavy atom. The van der Waals surface area contributed by atoms with E-state index in [1.54, 1.807) is 23.5 Å². The van der Waals surface area contributed by atoms with Gasteiger partial charge in [-0.15, -0.1) is 21.5 Å². The lowest BCUT2D eigenvalue weighted by Gasteiger charge is -2.43. The zero-order chi connectivity index (χ0) is 51.9. The van der Waals surface area contributed by atoms with Crippen LogP contribution in [0.2, 0.25) is 0 Å². The van der Waals surface area contributed by atoms with Gasteiger partial charge in [0.05, 0.1) is 45.8 Å². The molecule has 9 rings (SSSR count). The lowest BCUT2D eigenvalue weighted by molar-refractivity contribution is -0.140. The Hall–Kier alpha value is -6.87. The van der Waals surface area contributed by atoms with Gasteiger partial charge in [0.15, 0.2) is 11.6 Å². The minimum Gasteiger partial charge on any atom is -0.507 e. The largest absolute Gasteiger partial charge is 0.507 e. The van der Waals surface area contributed by atoms with Crippen LogP contribution in [0.5, 0.6) is 11.6 Å². The van der Waals surface area contributed by atoms with Crippen molar-refractivity contribution in [3.63, 3.8) is 0 Å². The lowest BCUT2D eigenvalue weighted by Crippen LogP contribution is -2.54. The number of nitrogens with one attached hydrogen (secondary N) is 1. The molecule has 2 unspecified atom stereocenters. The molecule has 0 radical (unpaired) electrons. The topological polar surface area (TPSA) is 237 Å². The van der Waals surface area contributed by atoms with Gasteiger partial charge in [-0.05, 0) is 68.0 Å². The summed E-state index contributed by atoms with van der Waals surface area (Å²) in [6, 6.07) is 19.8. The smallest absolute Gasteiger partial charge is 0.248 e. The average Bonchev–Trinajstić information content (AvgIpc) is 4.10. The summed E-state index contributed by atoms with van der Waals surface area (Å²) in [5, 5.41) is 32.7. The Morgan fingerprint density at radius 2 is 1.65 bits per heavy atom. The second-order valence-electron chi connectivity index (χ2n) is 20.0. The summed E-state index contributed by atoms with van der Waals surface area (Å²) in [4.78, 5) is 53.4. The number of carbonyl (C=O) groups excluding carboxylic acids is 2. The number of aliphatic imine (C=N–C) groups is 1. The number of nitrogens with two attached hydrogens (primary N) is 2. The number of phenols is 1. The monoisotopic (exact) mass is 1030 g/mol. The van der Waals surface area contributed by atoms with Crippen molar-refractivity contribution < 1.29 is 29.3 Å². The number of aromatic nitrogens is 4. The van der Waals surface area contributed by atoms with Crippen molar-refractivity contribution in [1.82, 2.24) is 40.2 Å². The molecule has 3 aromatic heterocycles. The van der Waals surface area contributed by atoms with Crippen LogP contribution in [-0.4, -0.2) is 165 Å². The zero-order valence-corrected chi connectivity index (χ0v) is 43.5. The van der Waals surface area contributed by atoms with Crippen LogP contribution in [-0.2, 0) is 14.3 Å². The van der Waals surface area contributed by atoms with Crippen LogP contribution < -0.4 is 31.3 Å². The second-order valence-corrected chi connectivity index (χ2v) is 20.9. The molecule has 6 atom stereocenters. The highest BCUT2D eigenvalue weighted by Crippen LogP contribution is 2.40. The van der Waals surface area contributed by atoms with Crippen molar-refractivity contribution in [2.24, 2.45) is 16.6 Å². The number of rotatable bonds is 19. The van der Waals surface area contributed by atoms with E-state index in [2.05, 4.69) is 62.2 Å². The van der Waals surface area contributed by atoms with Crippen molar-refractivity contribution in [3.8, 4) is 33.3 Å². The SMILES string of the molecule is Cc1ncsc1-c1ccc([C@H](C)NC(=O)[C@@H]2C[C@@H](O)CN2C(=O)[C@H](N=C/C(=C\N)OCCN2CCN(CCOc3cc(N4C5CCC4CN(c4cc(-c6ccccc6O)nnc4N)C5)ccn3)CC2)C(C)C)cc1. The van der Waals surface area contributed by atoms with Crippen LogP contribution in [0.1, 0.15) is 57.3 Å². The van der Waals surface area contributed by atoms with Crippen LogP contribution in [0.3, 0.4) is 0 Å². The number of nitrogens with zero attached hydrogens (tertiary/aromatic N) is 10. The van der Waals surface area contributed by atoms with Gasteiger partial charge in [0.1, 0.15) is 31.0 Å². The van der Waals surface area contributed by atoms with Crippen molar-refractivity contribution >= 4 is 46.6 Å². The van der Waals surface area contributed by atoms with E-state index in [1.165, 1.54) is 17.3 Å². The first-order valence-corrected chi connectivity index (χ1v) is 26.6. The number of amides is 2. The van der Waals surface area contributed by atoms with Crippen LogP contribution in [0.15, 0.2) is 95.4 Å². The third kappa shape index (κ3) is 12.0. The molecule has 5 aromatic rings. The van der Waals surface area contributed by atoms with Crippen molar-refractivity contribution in [1.29, 1.82) is 0 Å². The van der Waals surface area contributed by atoms with Gasteiger partial charge >= 0.3 is 0 Å². The number of anilines is 3. The summed E-state index contributed by atoms with van der Waals surface area (Å²) in [6.45, 7) is 15.2. The number of pyridine rings is 1. The van der Waals surface area contributed by atoms with Crippen LogP contribution in [0.4, 0.5) is 17.2 Å². The number of hydrogen-bond donors (Lipinski definition) is 5. The van der Waals surface area contributed by atoms with Gasteiger partial charge in [-0.1, -0.05) is 50.2 Å². The predicted molar refractivity (Wildman–Crippen MR) is 288 cm³/mol. The summed E-state index contributed by atoms with van der Waals surface area (Å²) < 4.78 is 12.3. The Bertz CT molecular complexity index is 2770. The summed E-state index contributed by atoms with van der Waals surface area (Å²) in [5.41, 5.74) is 20.3. The first-order valence-electron chi connectivity index (χ1n) is 25.7. The molecule has 4 aliphatic rings. The molecule has 2 amide bonds. The molecule has 0 aliphatic carbocycles. The first kappa shape index (κ1) is 52.0. The molecule has 4 saturated heterocycles. The van der Waals surface area contributed by atoms with Gasteiger partial charge in [0, 0.05) is 107 Å². The fraction of sp³-hybridized carbons (Fsp3) is 0.463. The summed E-state index contributed by atoms with van der Waals surface area (Å²) in [6.07, 6.45) is 6.10.